The maximum absolute atomic E-state index is 12.0. The van der Waals surface area contributed by atoms with Crippen LogP contribution in [0.25, 0.3) is 22.7 Å². The van der Waals surface area contributed by atoms with Gasteiger partial charge in [0.2, 0.25) is 0 Å². The van der Waals surface area contributed by atoms with E-state index in [1.807, 2.05) is 29.9 Å². The zero-order valence-corrected chi connectivity index (χ0v) is 12.3. The number of nitrogens with one attached hydrogen (secondary N) is 2. The number of fused-ring (bicyclic) bond motifs is 1. The Kier molecular flexibility index (Phi) is 2.97. The van der Waals surface area contributed by atoms with Gasteiger partial charge in [-0.2, -0.15) is 0 Å². The summed E-state index contributed by atoms with van der Waals surface area (Å²) in [6.07, 6.45) is 5.04. The number of carbonyl (C=O) groups is 1. The monoisotopic (exact) mass is 307 g/mol. The molecule has 4 rings (SSSR count). The van der Waals surface area contributed by atoms with E-state index in [0.717, 1.165) is 16.9 Å². The number of furan rings is 1. The SMILES string of the molecule is Cn1ccnc1-c1nc2ccc(NC(=O)c3ccco3)cc2[nH]1. The third kappa shape index (κ3) is 2.38. The number of hydrogen-bond acceptors (Lipinski definition) is 4. The molecule has 4 aromatic rings. The smallest absolute Gasteiger partial charge is 0.291 e. The van der Waals surface area contributed by atoms with Crippen molar-refractivity contribution in [3.05, 3.63) is 54.7 Å². The number of anilines is 1. The average molecular weight is 307 g/mol. The number of nitrogens with zero attached hydrogens (tertiary/aromatic N) is 3. The van der Waals surface area contributed by atoms with Crippen molar-refractivity contribution in [1.29, 1.82) is 0 Å². The summed E-state index contributed by atoms with van der Waals surface area (Å²) in [4.78, 5) is 24.0. The molecule has 0 saturated heterocycles. The van der Waals surface area contributed by atoms with E-state index in [1.165, 1.54) is 6.26 Å². The van der Waals surface area contributed by atoms with Crippen molar-refractivity contribution in [3.63, 3.8) is 0 Å². The van der Waals surface area contributed by atoms with Crippen LogP contribution in [-0.4, -0.2) is 25.4 Å². The highest BCUT2D eigenvalue weighted by Gasteiger charge is 2.12. The second kappa shape index (κ2) is 5.13. The lowest BCUT2D eigenvalue weighted by Crippen LogP contribution is -2.10. The van der Waals surface area contributed by atoms with Gasteiger partial charge < -0.3 is 19.3 Å². The molecule has 3 heterocycles. The number of imidazole rings is 2. The van der Waals surface area contributed by atoms with Gasteiger partial charge in [-0.05, 0) is 30.3 Å². The first-order valence-electron chi connectivity index (χ1n) is 7.03. The first kappa shape index (κ1) is 13.3. The normalized spacial score (nSPS) is 11.0. The molecule has 7 nitrogen and oxygen atoms in total. The Morgan fingerprint density at radius 2 is 2.26 bits per heavy atom. The lowest BCUT2D eigenvalue weighted by atomic mass is 10.2. The predicted molar refractivity (Wildman–Crippen MR) is 85.0 cm³/mol. The molecule has 0 aliphatic rings. The molecule has 7 heteroatoms. The Morgan fingerprint density at radius 3 is 3.00 bits per heavy atom. The second-order valence-corrected chi connectivity index (χ2v) is 5.11. The second-order valence-electron chi connectivity index (χ2n) is 5.11. The molecule has 23 heavy (non-hydrogen) atoms. The van der Waals surface area contributed by atoms with E-state index in [9.17, 15) is 4.79 Å². The Labute approximate surface area is 131 Å². The molecule has 2 N–H and O–H groups in total. The van der Waals surface area contributed by atoms with Gasteiger partial charge in [0.15, 0.2) is 17.4 Å². The first-order chi connectivity index (χ1) is 11.2. The van der Waals surface area contributed by atoms with Crippen molar-refractivity contribution in [2.75, 3.05) is 5.32 Å². The van der Waals surface area contributed by atoms with Gasteiger partial charge in [0.25, 0.3) is 5.91 Å². The van der Waals surface area contributed by atoms with Crippen molar-refractivity contribution >= 4 is 22.6 Å². The molecule has 0 aliphatic carbocycles. The fraction of sp³-hybridized carbons (Fsp3) is 0.0625. The molecule has 114 valence electrons. The van der Waals surface area contributed by atoms with Crippen LogP contribution in [0, 0.1) is 0 Å². The summed E-state index contributed by atoms with van der Waals surface area (Å²) in [5.74, 6) is 1.41. The quantitative estimate of drug-likeness (QED) is 0.609. The van der Waals surface area contributed by atoms with E-state index in [0.29, 0.717) is 11.5 Å². The fourth-order valence-electron chi connectivity index (χ4n) is 2.39. The molecule has 3 aromatic heterocycles. The molecule has 1 aromatic carbocycles. The van der Waals surface area contributed by atoms with E-state index in [1.54, 1.807) is 24.4 Å². The highest BCUT2D eigenvalue weighted by atomic mass is 16.3. The number of carbonyl (C=O) groups excluding carboxylic acids is 1. The van der Waals surface area contributed by atoms with Gasteiger partial charge in [-0.1, -0.05) is 0 Å². The van der Waals surface area contributed by atoms with Crippen LogP contribution < -0.4 is 5.32 Å². The van der Waals surface area contributed by atoms with Crippen molar-refractivity contribution in [2.45, 2.75) is 0 Å². The Balaban J connectivity index is 1.66. The van der Waals surface area contributed by atoms with Crippen LogP contribution in [-0.2, 0) is 7.05 Å². The minimum Gasteiger partial charge on any atom is -0.459 e. The van der Waals surface area contributed by atoms with Crippen LogP contribution >= 0.6 is 0 Å². The van der Waals surface area contributed by atoms with Crippen molar-refractivity contribution in [1.82, 2.24) is 19.5 Å². The van der Waals surface area contributed by atoms with E-state index >= 15 is 0 Å². The molecular formula is C16H13N5O2. The van der Waals surface area contributed by atoms with Crippen LogP contribution in [0.4, 0.5) is 5.69 Å². The number of aryl methyl sites for hydroxylation is 1. The zero-order valence-electron chi connectivity index (χ0n) is 12.3. The molecule has 0 saturated carbocycles. The largest absolute Gasteiger partial charge is 0.459 e. The third-order valence-corrected chi connectivity index (χ3v) is 3.52. The van der Waals surface area contributed by atoms with Crippen molar-refractivity contribution < 1.29 is 9.21 Å². The molecule has 0 unspecified atom stereocenters. The lowest BCUT2D eigenvalue weighted by molar-refractivity contribution is 0.0996. The number of hydrogen-bond donors (Lipinski definition) is 2. The first-order valence-corrected chi connectivity index (χ1v) is 7.03. The van der Waals surface area contributed by atoms with Gasteiger partial charge in [0, 0.05) is 25.1 Å². The average Bonchev–Trinajstić information content (AvgIpc) is 3.26. The number of aromatic nitrogens is 4. The topological polar surface area (TPSA) is 88.7 Å². The highest BCUT2D eigenvalue weighted by molar-refractivity contribution is 6.03. The fourth-order valence-corrected chi connectivity index (χ4v) is 2.39. The number of benzene rings is 1. The summed E-state index contributed by atoms with van der Waals surface area (Å²) in [5, 5.41) is 2.79. The minimum absolute atomic E-state index is 0.267. The standard InChI is InChI=1S/C16H13N5O2/c1-21-7-6-17-15(21)14-19-11-5-4-10(9-12(11)20-14)18-16(22)13-3-2-8-23-13/h2-9H,1H3,(H,18,22)(H,19,20). The molecule has 0 radical (unpaired) electrons. The Hall–Kier alpha value is -3.35. The maximum atomic E-state index is 12.0. The molecule has 0 aliphatic heterocycles. The molecule has 0 fully saturated rings. The van der Waals surface area contributed by atoms with Crippen LogP contribution in [0.5, 0.6) is 0 Å². The van der Waals surface area contributed by atoms with Crippen LogP contribution in [0.3, 0.4) is 0 Å². The van der Waals surface area contributed by atoms with Gasteiger partial charge in [-0.3, -0.25) is 4.79 Å². The van der Waals surface area contributed by atoms with E-state index in [4.69, 9.17) is 4.42 Å². The molecule has 0 bridgehead atoms. The summed E-state index contributed by atoms with van der Waals surface area (Å²) >= 11 is 0. The predicted octanol–water partition coefficient (Wildman–Crippen LogP) is 2.81. The minimum atomic E-state index is -0.293. The zero-order chi connectivity index (χ0) is 15.8. The molecule has 1 amide bonds. The van der Waals surface area contributed by atoms with E-state index < -0.39 is 0 Å². The summed E-state index contributed by atoms with van der Waals surface area (Å²) in [5.41, 5.74) is 2.29. The highest BCUT2D eigenvalue weighted by Crippen LogP contribution is 2.22. The van der Waals surface area contributed by atoms with Gasteiger partial charge in [-0.25, -0.2) is 9.97 Å². The summed E-state index contributed by atoms with van der Waals surface area (Å²) in [7, 11) is 1.91. The van der Waals surface area contributed by atoms with Crippen molar-refractivity contribution in [3.8, 4) is 11.6 Å². The van der Waals surface area contributed by atoms with Crippen LogP contribution in [0.2, 0.25) is 0 Å². The van der Waals surface area contributed by atoms with E-state index in [2.05, 4.69) is 20.3 Å². The molecule has 0 spiro atoms. The van der Waals surface area contributed by atoms with Gasteiger partial charge in [0.1, 0.15) is 0 Å². The maximum Gasteiger partial charge on any atom is 0.291 e. The number of aromatic amines is 1. The summed E-state index contributed by atoms with van der Waals surface area (Å²) in [6, 6.07) is 8.76. The van der Waals surface area contributed by atoms with Crippen molar-refractivity contribution in [2.24, 2.45) is 7.05 Å². The van der Waals surface area contributed by atoms with E-state index in [-0.39, 0.29) is 11.7 Å². The van der Waals surface area contributed by atoms with Crippen LogP contribution in [0.15, 0.2) is 53.4 Å². The summed E-state index contributed by atoms with van der Waals surface area (Å²) < 4.78 is 6.96. The third-order valence-electron chi connectivity index (χ3n) is 3.52. The summed E-state index contributed by atoms with van der Waals surface area (Å²) in [6.45, 7) is 0. The Morgan fingerprint density at radius 1 is 1.35 bits per heavy atom. The number of H-pyrrole nitrogens is 1. The molecule has 0 atom stereocenters. The Bertz CT molecular complexity index is 981. The van der Waals surface area contributed by atoms with Gasteiger partial charge >= 0.3 is 0 Å². The van der Waals surface area contributed by atoms with Gasteiger partial charge in [-0.15, -0.1) is 0 Å². The van der Waals surface area contributed by atoms with Gasteiger partial charge in [0.05, 0.1) is 17.3 Å². The molecular weight excluding hydrogens is 294 g/mol. The number of amides is 1. The lowest BCUT2D eigenvalue weighted by Gasteiger charge is -2.02. The number of rotatable bonds is 3. The van der Waals surface area contributed by atoms with Crippen LogP contribution in [0.1, 0.15) is 10.6 Å².